The Morgan fingerprint density at radius 1 is 1.12 bits per heavy atom. The van der Waals surface area contributed by atoms with Crippen molar-refractivity contribution in [1.82, 2.24) is 0 Å². The van der Waals surface area contributed by atoms with Crippen molar-refractivity contribution in [2.75, 3.05) is 0 Å². The predicted molar refractivity (Wildman–Crippen MR) is 74.8 cm³/mol. The number of hydrogen-bond donors (Lipinski definition) is 1. The summed E-state index contributed by atoms with van der Waals surface area (Å²) in [4.78, 5) is 0.995. The highest BCUT2D eigenvalue weighted by atomic mass is 79.9. The molecule has 1 unspecified atom stereocenters. The van der Waals surface area contributed by atoms with Crippen LogP contribution in [0.3, 0.4) is 0 Å². The van der Waals surface area contributed by atoms with Crippen molar-refractivity contribution in [3.63, 3.8) is 0 Å². The van der Waals surface area contributed by atoms with Crippen LogP contribution >= 0.6 is 43.2 Å². The first-order valence-electron chi connectivity index (χ1n) is 4.81. The molecule has 1 aromatic carbocycles. The average molecular weight is 362 g/mol. The van der Waals surface area contributed by atoms with Gasteiger partial charge in [0.2, 0.25) is 0 Å². The van der Waals surface area contributed by atoms with E-state index in [0.717, 1.165) is 19.4 Å². The second-order valence-electron chi connectivity index (χ2n) is 3.51. The van der Waals surface area contributed by atoms with Gasteiger partial charge in [0.25, 0.3) is 0 Å². The maximum atomic E-state index is 10.0. The van der Waals surface area contributed by atoms with Gasteiger partial charge in [-0.2, -0.15) is 0 Å². The fourth-order valence-electron chi connectivity index (χ4n) is 1.45. The largest absolute Gasteiger partial charge is 0.387 e. The molecular formula is C12H10Br2OS. The van der Waals surface area contributed by atoms with E-state index in [-0.39, 0.29) is 0 Å². The van der Waals surface area contributed by atoms with E-state index in [4.69, 9.17) is 0 Å². The van der Waals surface area contributed by atoms with Crippen molar-refractivity contribution in [2.45, 2.75) is 12.5 Å². The second kappa shape index (κ2) is 5.45. The van der Waals surface area contributed by atoms with Crippen LogP contribution in [0.2, 0.25) is 0 Å². The molecule has 0 fully saturated rings. The van der Waals surface area contributed by atoms with Gasteiger partial charge in [0, 0.05) is 25.6 Å². The SMILES string of the molecule is OC(Cc1ccc(Br)cc1)c1cc(Br)cs1. The number of rotatable bonds is 3. The molecule has 0 saturated carbocycles. The average Bonchev–Trinajstić information content (AvgIpc) is 2.68. The van der Waals surface area contributed by atoms with Crippen LogP contribution in [-0.4, -0.2) is 5.11 Å². The summed E-state index contributed by atoms with van der Waals surface area (Å²) in [5.74, 6) is 0. The zero-order valence-electron chi connectivity index (χ0n) is 8.36. The Balaban J connectivity index is 2.07. The molecule has 1 heterocycles. The van der Waals surface area contributed by atoms with Crippen LogP contribution in [0.5, 0.6) is 0 Å². The van der Waals surface area contributed by atoms with E-state index in [1.54, 1.807) is 11.3 Å². The smallest absolute Gasteiger partial charge is 0.0922 e. The highest BCUT2D eigenvalue weighted by molar-refractivity contribution is 9.10. The number of aliphatic hydroxyl groups excluding tert-OH is 1. The minimum atomic E-state index is -0.419. The van der Waals surface area contributed by atoms with Crippen LogP contribution in [0.4, 0.5) is 0 Å². The van der Waals surface area contributed by atoms with Crippen molar-refractivity contribution >= 4 is 43.2 Å². The molecule has 0 aliphatic carbocycles. The lowest BCUT2D eigenvalue weighted by Gasteiger charge is -2.08. The fourth-order valence-corrected chi connectivity index (χ4v) is 3.14. The predicted octanol–water partition coefficient (Wildman–Crippen LogP) is 4.55. The molecular weight excluding hydrogens is 352 g/mol. The van der Waals surface area contributed by atoms with E-state index in [1.165, 1.54) is 0 Å². The highest BCUT2D eigenvalue weighted by Gasteiger charge is 2.10. The van der Waals surface area contributed by atoms with Gasteiger partial charge in [-0.15, -0.1) is 11.3 Å². The Labute approximate surface area is 115 Å². The van der Waals surface area contributed by atoms with E-state index < -0.39 is 6.10 Å². The van der Waals surface area contributed by atoms with Crippen molar-refractivity contribution < 1.29 is 5.11 Å². The molecule has 0 amide bonds. The first-order valence-corrected chi connectivity index (χ1v) is 7.28. The summed E-state index contributed by atoms with van der Waals surface area (Å²) in [6.45, 7) is 0. The normalized spacial score (nSPS) is 12.7. The number of benzene rings is 1. The number of hydrogen-bond acceptors (Lipinski definition) is 2. The monoisotopic (exact) mass is 360 g/mol. The molecule has 2 aromatic rings. The molecule has 0 saturated heterocycles. The van der Waals surface area contributed by atoms with Crippen molar-refractivity contribution in [3.05, 3.63) is 55.1 Å². The topological polar surface area (TPSA) is 20.2 Å². The molecule has 4 heteroatoms. The van der Waals surface area contributed by atoms with Gasteiger partial charge >= 0.3 is 0 Å². The van der Waals surface area contributed by atoms with Crippen molar-refractivity contribution in [1.29, 1.82) is 0 Å². The van der Waals surface area contributed by atoms with Gasteiger partial charge in [-0.25, -0.2) is 0 Å². The Kier molecular flexibility index (Phi) is 4.19. The molecule has 1 aromatic heterocycles. The van der Waals surface area contributed by atoms with Crippen LogP contribution in [0.1, 0.15) is 16.5 Å². The van der Waals surface area contributed by atoms with Crippen LogP contribution in [0.15, 0.2) is 44.7 Å². The van der Waals surface area contributed by atoms with E-state index in [0.29, 0.717) is 6.42 Å². The van der Waals surface area contributed by atoms with Crippen molar-refractivity contribution in [2.24, 2.45) is 0 Å². The zero-order chi connectivity index (χ0) is 11.5. The Bertz CT molecular complexity index is 464. The van der Waals surface area contributed by atoms with Gasteiger partial charge in [0.05, 0.1) is 6.10 Å². The summed E-state index contributed by atoms with van der Waals surface area (Å²) in [7, 11) is 0. The number of halogens is 2. The summed E-state index contributed by atoms with van der Waals surface area (Å²) in [5, 5.41) is 12.0. The molecule has 0 spiro atoms. The molecule has 0 aliphatic rings. The number of aliphatic hydroxyl groups is 1. The fraction of sp³-hybridized carbons (Fsp3) is 0.167. The number of thiophene rings is 1. The van der Waals surface area contributed by atoms with E-state index in [2.05, 4.69) is 31.9 Å². The van der Waals surface area contributed by atoms with Gasteiger partial charge in [0.15, 0.2) is 0 Å². The highest BCUT2D eigenvalue weighted by Crippen LogP contribution is 2.28. The van der Waals surface area contributed by atoms with Crippen LogP contribution in [0, 0.1) is 0 Å². The summed E-state index contributed by atoms with van der Waals surface area (Å²) in [5.41, 5.74) is 1.14. The Morgan fingerprint density at radius 3 is 2.38 bits per heavy atom. The summed E-state index contributed by atoms with van der Waals surface area (Å²) < 4.78 is 2.09. The van der Waals surface area contributed by atoms with E-state index >= 15 is 0 Å². The molecule has 0 radical (unpaired) electrons. The third-order valence-corrected chi connectivity index (χ3v) is 4.58. The van der Waals surface area contributed by atoms with Crippen molar-refractivity contribution in [3.8, 4) is 0 Å². The lowest BCUT2D eigenvalue weighted by atomic mass is 10.1. The maximum absolute atomic E-state index is 10.0. The van der Waals surface area contributed by atoms with Gasteiger partial charge < -0.3 is 5.11 Å². The summed E-state index contributed by atoms with van der Waals surface area (Å²) in [6, 6.07) is 10.00. The molecule has 84 valence electrons. The minimum absolute atomic E-state index is 0.419. The third kappa shape index (κ3) is 3.17. The molecule has 16 heavy (non-hydrogen) atoms. The molecule has 0 aliphatic heterocycles. The minimum Gasteiger partial charge on any atom is -0.387 e. The van der Waals surface area contributed by atoms with Gasteiger partial charge in [-0.3, -0.25) is 0 Å². The molecule has 0 bridgehead atoms. The quantitative estimate of drug-likeness (QED) is 0.850. The first kappa shape index (κ1) is 12.3. The Hall–Kier alpha value is -0.160. The summed E-state index contributed by atoms with van der Waals surface area (Å²) in [6.07, 6.45) is 0.234. The molecule has 1 N–H and O–H groups in total. The van der Waals surface area contributed by atoms with E-state index in [1.807, 2.05) is 35.7 Å². The van der Waals surface area contributed by atoms with E-state index in [9.17, 15) is 5.11 Å². The van der Waals surface area contributed by atoms with Crippen LogP contribution in [0.25, 0.3) is 0 Å². The Morgan fingerprint density at radius 2 is 1.81 bits per heavy atom. The molecule has 1 atom stereocenters. The second-order valence-corrected chi connectivity index (χ2v) is 6.29. The first-order chi connectivity index (χ1) is 7.65. The summed E-state index contributed by atoms with van der Waals surface area (Å²) >= 11 is 8.36. The lowest BCUT2D eigenvalue weighted by molar-refractivity contribution is 0.182. The van der Waals surface area contributed by atoms with Gasteiger partial charge in [-0.05, 0) is 39.7 Å². The lowest BCUT2D eigenvalue weighted by Crippen LogP contribution is -1.99. The zero-order valence-corrected chi connectivity index (χ0v) is 12.3. The third-order valence-electron chi connectivity index (χ3n) is 2.26. The standard InChI is InChI=1S/C12H10Br2OS/c13-9-3-1-8(2-4-9)5-11(15)12-6-10(14)7-16-12/h1-4,6-7,11,15H,5H2. The van der Waals surface area contributed by atoms with Crippen LogP contribution < -0.4 is 0 Å². The molecule has 1 nitrogen and oxygen atoms in total. The van der Waals surface area contributed by atoms with Gasteiger partial charge in [-0.1, -0.05) is 28.1 Å². The maximum Gasteiger partial charge on any atom is 0.0922 e. The van der Waals surface area contributed by atoms with Gasteiger partial charge in [0.1, 0.15) is 0 Å². The molecule has 2 rings (SSSR count). The van der Waals surface area contributed by atoms with Crippen LogP contribution in [-0.2, 0) is 6.42 Å².